The Kier molecular flexibility index (Phi) is 4.79. The van der Waals surface area contributed by atoms with Gasteiger partial charge in [-0.25, -0.2) is 4.98 Å². The molecule has 152 valence electrons. The largest absolute Gasteiger partial charge is 0.379 e. The quantitative estimate of drug-likeness (QED) is 0.713. The molecule has 2 fully saturated rings. The molecule has 0 radical (unpaired) electrons. The summed E-state index contributed by atoms with van der Waals surface area (Å²) in [5.41, 5.74) is 3.05. The first-order valence-electron chi connectivity index (χ1n) is 10.4. The SMILES string of the molecule is CCc1cc(N2C[C@H]3C[C@@H](Nc4ccccn4)[C@H](OC)C[C@H]3C2)c2nncn2n1. The first-order valence-corrected chi connectivity index (χ1v) is 10.4. The van der Waals surface area contributed by atoms with E-state index in [1.165, 1.54) is 0 Å². The zero-order valence-corrected chi connectivity index (χ0v) is 16.9. The van der Waals surface area contributed by atoms with Gasteiger partial charge in [0.05, 0.1) is 23.5 Å². The average Bonchev–Trinajstić information content (AvgIpc) is 3.39. The normalized spacial score (nSPS) is 26.6. The summed E-state index contributed by atoms with van der Waals surface area (Å²) < 4.78 is 7.68. The van der Waals surface area contributed by atoms with Crippen molar-refractivity contribution in [3.05, 3.63) is 42.5 Å². The summed E-state index contributed by atoms with van der Waals surface area (Å²) in [5, 5.41) is 16.6. The van der Waals surface area contributed by atoms with E-state index >= 15 is 0 Å². The fraction of sp³-hybridized carbons (Fsp3) is 0.524. The van der Waals surface area contributed by atoms with Gasteiger partial charge in [0.1, 0.15) is 12.1 Å². The predicted molar refractivity (Wildman–Crippen MR) is 111 cm³/mol. The molecular formula is C21H27N7O. The summed E-state index contributed by atoms with van der Waals surface area (Å²) in [6.45, 7) is 4.18. The minimum Gasteiger partial charge on any atom is -0.379 e. The Hall–Kier alpha value is -2.74. The van der Waals surface area contributed by atoms with Crippen LogP contribution in [-0.4, -0.2) is 57.1 Å². The number of anilines is 2. The molecule has 0 amide bonds. The van der Waals surface area contributed by atoms with Gasteiger partial charge in [0.2, 0.25) is 5.65 Å². The lowest BCUT2D eigenvalue weighted by Gasteiger charge is -2.37. The molecule has 29 heavy (non-hydrogen) atoms. The van der Waals surface area contributed by atoms with Crippen molar-refractivity contribution in [2.75, 3.05) is 30.4 Å². The van der Waals surface area contributed by atoms with Crippen molar-refractivity contribution in [2.45, 2.75) is 38.3 Å². The van der Waals surface area contributed by atoms with Gasteiger partial charge >= 0.3 is 0 Å². The zero-order chi connectivity index (χ0) is 19.8. The topological polar surface area (TPSA) is 80.5 Å². The minimum absolute atomic E-state index is 0.190. The van der Waals surface area contributed by atoms with Crippen molar-refractivity contribution >= 4 is 17.2 Å². The van der Waals surface area contributed by atoms with Gasteiger partial charge in [-0.2, -0.15) is 9.61 Å². The van der Waals surface area contributed by atoms with Gasteiger partial charge in [0.25, 0.3) is 0 Å². The Morgan fingerprint density at radius 2 is 2.07 bits per heavy atom. The van der Waals surface area contributed by atoms with Crippen LogP contribution in [-0.2, 0) is 11.2 Å². The number of nitrogens with one attached hydrogen (secondary N) is 1. The highest BCUT2D eigenvalue weighted by atomic mass is 16.5. The summed E-state index contributed by atoms with van der Waals surface area (Å²) in [7, 11) is 1.82. The van der Waals surface area contributed by atoms with E-state index in [2.05, 4.69) is 43.5 Å². The number of ether oxygens (including phenoxy) is 1. The predicted octanol–water partition coefficient (Wildman–Crippen LogP) is 2.42. The van der Waals surface area contributed by atoms with Crippen molar-refractivity contribution in [1.29, 1.82) is 0 Å². The molecule has 0 aromatic carbocycles. The number of fused-ring (bicyclic) bond motifs is 2. The maximum atomic E-state index is 5.87. The third-order valence-corrected chi connectivity index (χ3v) is 6.42. The lowest BCUT2D eigenvalue weighted by atomic mass is 9.77. The molecule has 1 aliphatic heterocycles. The second-order valence-electron chi connectivity index (χ2n) is 8.11. The van der Waals surface area contributed by atoms with E-state index in [0.29, 0.717) is 11.8 Å². The van der Waals surface area contributed by atoms with Crippen molar-refractivity contribution in [2.24, 2.45) is 11.8 Å². The van der Waals surface area contributed by atoms with Crippen molar-refractivity contribution < 1.29 is 4.74 Å². The number of nitrogens with zero attached hydrogens (tertiary/aromatic N) is 6. The van der Waals surface area contributed by atoms with Crippen LogP contribution in [0.4, 0.5) is 11.5 Å². The first kappa shape index (κ1) is 18.3. The Bertz CT molecular complexity index is 976. The number of pyridine rings is 1. The Labute approximate surface area is 170 Å². The van der Waals surface area contributed by atoms with Gasteiger partial charge in [0.15, 0.2) is 0 Å². The van der Waals surface area contributed by atoms with Crippen LogP contribution >= 0.6 is 0 Å². The molecule has 8 heteroatoms. The van der Waals surface area contributed by atoms with Crippen LogP contribution in [0.3, 0.4) is 0 Å². The number of methoxy groups -OCH3 is 1. The second-order valence-corrected chi connectivity index (χ2v) is 8.11. The van der Waals surface area contributed by atoms with Crippen LogP contribution < -0.4 is 10.2 Å². The van der Waals surface area contributed by atoms with Crippen LogP contribution in [0.2, 0.25) is 0 Å². The smallest absolute Gasteiger partial charge is 0.200 e. The van der Waals surface area contributed by atoms with Crippen LogP contribution in [0.25, 0.3) is 5.65 Å². The monoisotopic (exact) mass is 393 g/mol. The third-order valence-electron chi connectivity index (χ3n) is 6.42. The summed E-state index contributed by atoms with van der Waals surface area (Å²) >= 11 is 0. The molecule has 3 aromatic heterocycles. The number of rotatable bonds is 5. The first-order chi connectivity index (χ1) is 14.2. The Morgan fingerprint density at radius 1 is 1.21 bits per heavy atom. The molecule has 1 N–H and O–H groups in total. The van der Waals surface area contributed by atoms with Gasteiger partial charge in [-0.05, 0) is 49.3 Å². The second kappa shape index (κ2) is 7.59. The highest BCUT2D eigenvalue weighted by molar-refractivity contribution is 5.68. The molecule has 4 atom stereocenters. The lowest BCUT2D eigenvalue weighted by Crippen LogP contribution is -2.44. The summed E-state index contributed by atoms with van der Waals surface area (Å²) in [6.07, 6.45) is 6.72. The fourth-order valence-corrected chi connectivity index (χ4v) is 4.93. The highest BCUT2D eigenvalue weighted by Gasteiger charge is 2.43. The number of aromatic nitrogens is 5. The van der Waals surface area contributed by atoms with E-state index in [-0.39, 0.29) is 12.1 Å². The summed E-state index contributed by atoms with van der Waals surface area (Å²) in [6, 6.07) is 8.42. The maximum absolute atomic E-state index is 5.87. The molecule has 4 heterocycles. The molecule has 1 aliphatic carbocycles. The average molecular weight is 393 g/mol. The fourth-order valence-electron chi connectivity index (χ4n) is 4.93. The van der Waals surface area contributed by atoms with Gasteiger partial charge < -0.3 is 15.0 Å². The van der Waals surface area contributed by atoms with E-state index < -0.39 is 0 Å². The summed E-state index contributed by atoms with van der Waals surface area (Å²) in [4.78, 5) is 6.90. The van der Waals surface area contributed by atoms with Crippen molar-refractivity contribution in [3.8, 4) is 0 Å². The minimum atomic E-state index is 0.190. The van der Waals surface area contributed by atoms with Gasteiger partial charge in [-0.1, -0.05) is 13.0 Å². The molecule has 0 unspecified atom stereocenters. The molecule has 1 saturated carbocycles. The van der Waals surface area contributed by atoms with E-state index in [1.54, 1.807) is 10.8 Å². The van der Waals surface area contributed by atoms with E-state index in [0.717, 1.165) is 55.2 Å². The number of aryl methyl sites for hydroxylation is 1. The molecule has 0 spiro atoms. The van der Waals surface area contributed by atoms with Crippen molar-refractivity contribution in [3.63, 3.8) is 0 Å². The molecule has 0 bridgehead atoms. The number of hydrogen-bond donors (Lipinski definition) is 1. The Balaban J connectivity index is 1.38. The molecule has 8 nitrogen and oxygen atoms in total. The third kappa shape index (κ3) is 3.42. The lowest BCUT2D eigenvalue weighted by molar-refractivity contribution is 0.0305. The van der Waals surface area contributed by atoms with E-state index in [1.807, 2.05) is 31.5 Å². The van der Waals surface area contributed by atoms with Crippen LogP contribution in [0.5, 0.6) is 0 Å². The Morgan fingerprint density at radius 3 is 2.83 bits per heavy atom. The summed E-state index contributed by atoms with van der Waals surface area (Å²) in [5.74, 6) is 2.14. The molecule has 2 aliphatic rings. The molecule has 1 saturated heterocycles. The van der Waals surface area contributed by atoms with E-state index in [4.69, 9.17) is 4.74 Å². The van der Waals surface area contributed by atoms with Crippen molar-refractivity contribution in [1.82, 2.24) is 24.8 Å². The van der Waals surface area contributed by atoms with Crippen LogP contribution in [0.1, 0.15) is 25.5 Å². The molecule has 3 aromatic rings. The van der Waals surface area contributed by atoms with Gasteiger partial charge in [-0.15, -0.1) is 10.2 Å². The zero-order valence-electron chi connectivity index (χ0n) is 16.9. The van der Waals surface area contributed by atoms with Crippen LogP contribution in [0, 0.1) is 11.8 Å². The highest BCUT2D eigenvalue weighted by Crippen LogP contribution is 2.40. The van der Waals surface area contributed by atoms with Gasteiger partial charge in [-0.3, -0.25) is 0 Å². The maximum Gasteiger partial charge on any atom is 0.200 e. The van der Waals surface area contributed by atoms with Crippen LogP contribution in [0.15, 0.2) is 36.8 Å². The standard InChI is InChI=1S/C21H27N7O/c1-3-16-10-18(21-25-23-13-28(21)26-16)27-11-14-8-17(19(29-2)9-15(14)12-27)24-20-6-4-5-7-22-20/h4-7,10,13-15,17,19H,3,8-9,11-12H2,1-2H3,(H,22,24)/t14-,15+,17-,19-/m1/s1. The van der Waals surface area contributed by atoms with E-state index in [9.17, 15) is 0 Å². The van der Waals surface area contributed by atoms with Gasteiger partial charge in [0, 0.05) is 26.4 Å². The molecule has 5 rings (SSSR count). The molecular weight excluding hydrogens is 366 g/mol. The number of hydrogen-bond acceptors (Lipinski definition) is 7.